The minimum absolute atomic E-state index is 0.0624. The fourth-order valence-corrected chi connectivity index (χ4v) is 1.46. The number of amides is 2. The maximum atomic E-state index is 11.7. The lowest BCUT2D eigenvalue weighted by atomic mass is 10.4. The number of nitrogens with two attached hydrogens (primary N) is 1. The van der Waals surface area contributed by atoms with Crippen molar-refractivity contribution in [2.45, 2.75) is 12.8 Å². The first-order valence-electron chi connectivity index (χ1n) is 6.05. The van der Waals surface area contributed by atoms with E-state index in [9.17, 15) is 9.59 Å². The Labute approximate surface area is 110 Å². The highest BCUT2D eigenvalue weighted by molar-refractivity contribution is 5.92. The van der Waals surface area contributed by atoms with Crippen LogP contribution in [0, 0.1) is 5.92 Å². The van der Waals surface area contributed by atoms with E-state index in [2.05, 4.69) is 26.0 Å². The van der Waals surface area contributed by atoms with Crippen molar-refractivity contribution in [3.05, 3.63) is 18.1 Å². The van der Waals surface area contributed by atoms with Crippen LogP contribution < -0.4 is 21.9 Å². The molecule has 2 rings (SSSR count). The molecule has 1 fully saturated rings. The Hall–Kier alpha value is -2.22. The average Bonchev–Trinajstić information content (AvgIpc) is 3.27. The first-order chi connectivity index (χ1) is 9.20. The number of hydrogen-bond donors (Lipinski definition) is 4. The molecule has 8 heteroatoms. The molecular formula is C11H16N6O2. The van der Waals surface area contributed by atoms with E-state index in [1.54, 1.807) is 0 Å². The van der Waals surface area contributed by atoms with Crippen molar-refractivity contribution in [2.24, 2.45) is 11.8 Å². The molecule has 0 bridgehead atoms. The molecule has 1 aromatic rings. The van der Waals surface area contributed by atoms with Crippen LogP contribution in [0.5, 0.6) is 0 Å². The molecule has 19 heavy (non-hydrogen) atoms. The molecule has 102 valence electrons. The van der Waals surface area contributed by atoms with Crippen molar-refractivity contribution in [3.8, 4) is 0 Å². The van der Waals surface area contributed by atoms with Crippen LogP contribution in [0.1, 0.15) is 23.3 Å². The molecule has 0 saturated heterocycles. The van der Waals surface area contributed by atoms with Crippen molar-refractivity contribution >= 4 is 17.6 Å². The molecule has 8 nitrogen and oxygen atoms in total. The number of hydrogen-bond acceptors (Lipinski definition) is 6. The third-order valence-electron chi connectivity index (χ3n) is 2.69. The number of anilines is 1. The first kappa shape index (κ1) is 13.2. The van der Waals surface area contributed by atoms with E-state index in [0.717, 1.165) is 12.8 Å². The van der Waals surface area contributed by atoms with Gasteiger partial charge in [-0.15, -0.1) is 0 Å². The molecule has 0 aliphatic heterocycles. The molecular weight excluding hydrogens is 248 g/mol. The minimum atomic E-state index is -0.336. The van der Waals surface area contributed by atoms with Gasteiger partial charge in [0.25, 0.3) is 5.91 Å². The number of nitrogens with zero attached hydrogens (tertiary/aromatic N) is 2. The molecule has 1 aliphatic carbocycles. The number of rotatable bonds is 6. The molecule has 1 aromatic heterocycles. The topological polar surface area (TPSA) is 122 Å². The number of carbonyl (C=O) groups excluding carboxylic acids is 2. The van der Waals surface area contributed by atoms with E-state index in [4.69, 9.17) is 5.84 Å². The van der Waals surface area contributed by atoms with Gasteiger partial charge in [-0.25, -0.2) is 15.8 Å². The summed E-state index contributed by atoms with van der Waals surface area (Å²) in [6.07, 6.45) is 4.63. The van der Waals surface area contributed by atoms with Gasteiger partial charge in [-0.2, -0.15) is 0 Å². The summed E-state index contributed by atoms with van der Waals surface area (Å²) < 4.78 is 0. The van der Waals surface area contributed by atoms with Crippen LogP contribution in [0.15, 0.2) is 12.4 Å². The Bertz CT molecular complexity index is 457. The zero-order valence-electron chi connectivity index (χ0n) is 10.3. The molecule has 5 N–H and O–H groups in total. The van der Waals surface area contributed by atoms with Crippen LogP contribution in [0.25, 0.3) is 0 Å². The minimum Gasteiger partial charge on any atom is -0.354 e. The second-order valence-electron chi connectivity index (χ2n) is 4.25. The summed E-state index contributed by atoms with van der Waals surface area (Å²) in [7, 11) is 0. The zero-order chi connectivity index (χ0) is 13.7. The lowest BCUT2D eigenvalue weighted by Gasteiger charge is -2.06. The van der Waals surface area contributed by atoms with E-state index >= 15 is 0 Å². The van der Waals surface area contributed by atoms with Crippen molar-refractivity contribution < 1.29 is 9.59 Å². The molecule has 0 unspecified atom stereocenters. The van der Waals surface area contributed by atoms with E-state index in [1.807, 2.05) is 0 Å². The summed E-state index contributed by atoms with van der Waals surface area (Å²) in [6, 6.07) is 0. The van der Waals surface area contributed by atoms with Crippen LogP contribution in [-0.4, -0.2) is 34.9 Å². The predicted molar refractivity (Wildman–Crippen MR) is 67.9 cm³/mol. The number of carbonyl (C=O) groups is 2. The molecule has 2 amide bonds. The molecule has 0 radical (unpaired) electrons. The highest BCUT2D eigenvalue weighted by Gasteiger charge is 2.28. The number of nitrogens with one attached hydrogen (secondary N) is 3. The standard InChI is InChI=1S/C11H16N6O2/c12-17-9-6-15-8(5-16-9)11(19)14-4-3-13-10(18)7-1-2-7/h5-7H,1-4,12H2,(H,13,18)(H,14,19)(H,16,17). The summed E-state index contributed by atoms with van der Waals surface area (Å²) in [5, 5.41) is 5.40. The van der Waals surface area contributed by atoms with Crippen LogP contribution in [0.3, 0.4) is 0 Å². The quantitative estimate of drug-likeness (QED) is 0.297. The Morgan fingerprint density at radius 2 is 1.95 bits per heavy atom. The lowest BCUT2D eigenvalue weighted by molar-refractivity contribution is -0.122. The van der Waals surface area contributed by atoms with Gasteiger partial charge in [0.2, 0.25) is 5.91 Å². The Morgan fingerprint density at radius 1 is 1.21 bits per heavy atom. The third-order valence-corrected chi connectivity index (χ3v) is 2.69. The second-order valence-corrected chi connectivity index (χ2v) is 4.25. The highest BCUT2D eigenvalue weighted by atomic mass is 16.2. The number of nitrogen functional groups attached to an aromatic ring is 1. The summed E-state index contributed by atoms with van der Waals surface area (Å²) in [5.41, 5.74) is 2.52. The molecule has 0 spiro atoms. The largest absolute Gasteiger partial charge is 0.354 e. The van der Waals surface area contributed by atoms with Gasteiger partial charge in [-0.1, -0.05) is 0 Å². The Kier molecular flexibility index (Phi) is 4.24. The Balaban J connectivity index is 1.69. The number of aromatic nitrogens is 2. The van der Waals surface area contributed by atoms with Crippen molar-refractivity contribution in [1.82, 2.24) is 20.6 Å². The summed E-state index contributed by atoms with van der Waals surface area (Å²) in [4.78, 5) is 30.8. The lowest BCUT2D eigenvalue weighted by Crippen LogP contribution is -2.35. The third kappa shape index (κ3) is 3.88. The van der Waals surface area contributed by atoms with Gasteiger partial charge >= 0.3 is 0 Å². The van der Waals surface area contributed by atoms with Gasteiger partial charge in [0.1, 0.15) is 5.69 Å². The van der Waals surface area contributed by atoms with Gasteiger partial charge in [-0.05, 0) is 12.8 Å². The van der Waals surface area contributed by atoms with Crippen LogP contribution in [0.4, 0.5) is 5.82 Å². The maximum absolute atomic E-state index is 11.7. The van der Waals surface area contributed by atoms with Crippen LogP contribution >= 0.6 is 0 Å². The normalized spacial score (nSPS) is 13.7. The van der Waals surface area contributed by atoms with E-state index in [1.165, 1.54) is 12.4 Å². The number of hydrazine groups is 1. The van der Waals surface area contributed by atoms with Crippen molar-refractivity contribution in [2.75, 3.05) is 18.5 Å². The molecule has 1 heterocycles. The van der Waals surface area contributed by atoms with E-state index in [-0.39, 0.29) is 23.4 Å². The van der Waals surface area contributed by atoms with Gasteiger partial charge in [0.05, 0.1) is 12.4 Å². The maximum Gasteiger partial charge on any atom is 0.271 e. The summed E-state index contributed by atoms with van der Waals surface area (Å²) >= 11 is 0. The summed E-state index contributed by atoms with van der Waals surface area (Å²) in [6.45, 7) is 0.771. The van der Waals surface area contributed by atoms with Crippen LogP contribution in [-0.2, 0) is 4.79 Å². The SMILES string of the molecule is NNc1cnc(C(=O)NCCNC(=O)C2CC2)cn1. The van der Waals surface area contributed by atoms with Crippen molar-refractivity contribution in [3.63, 3.8) is 0 Å². The van der Waals surface area contributed by atoms with Gasteiger partial charge in [0, 0.05) is 19.0 Å². The van der Waals surface area contributed by atoms with Crippen LogP contribution in [0.2, 0.25) is 0 Å². The molecule has 0 aromatic carbocycles. The van der Waals surface area contributed by atoms with E-state index in [0.29, 0.717) is 18.9 Å². The zero-order valence-corrected chi connectivity index (χ0v) is 10.3. The Morgan fingerprint density at radius 3 is 2.53 bits per heavy atom. The second kappa shape index (κ2) is 6.10. The van der Waals surface area contributed by atoms with Gasteiger partial charge in [-0.3, -0.25) is 9.59 Å². The van der Waals surface area contributed by atoms with Gasteiger partial charge < -0.3 is 16.1 Å². The highest BCUT2D eigenvalue weighted by Crippen LogP contribution is 2.28. The molecule has 0 atom stereocenters. The van der Waals surface area contributed by atoms with Gasteiger partial charge in [0.15, 0.2) is 5.82 Å². The fraction of sp³-hybridized carbons (Fsp3) is 0.455. The monoisotopic (exact) mass is 264 g/mol. The fourth-order valence-electron chi connectivity index (χ4n) is 1.46. The molecule has 1 saturated carbocycles. The smallest absolute Gasteiger partial charge is 0.271 e. The van der Waals surface area contributed by atoms with E-state index < -0.39 is 0 Å². The first-order valence-corrected chi connectivity index (χ1v) is 6.05. The average molecular weight is 264 g/mol. The van der Waals surface area contributed by atoms with Crippen molar-refractivity contribution in [1.29, 1.82) is 0 Å². The molecule has 1 aliphatic rings. The predicted octanol–water partition coefficient (Wildman–Crippen LogP) is -0.982. The summed E-state index contributed by atoms with van der Waals surface area (Å²) in [5.74, 6) is 5.43.